The van der Waals surface area contributed by atoms with Crippen molar-refractivity contribution in [1.29, 1.82) is 0 Å². The molecule has 294 valence electrons. The van der Waals surface area contributed by atoms with E-state index in [1.807, 2.05) is 0 Å². The molecule has 4 aromatic rings. The Labute approximate surface area is 309 Å². The number of rotatable bonds is 4. The molecule has 2 aliphatic rings. The Morgan fingerprint density at radius 3 is 1.61 bits per heavy atom. The number of hydrogen-bond donors (Lipinski definition) is 13. The zero-order chi connectivity index (χ0) is 41.1. The lowest BCUT2D eigenvalue weighted by molar-refractivity contribution is -0.284. The van der Waals surface area contributed by atoms with Crippen molar-refractivity contribution in [3.8, 4) is 80.1 Å². The Balaban J connectivity index is 1.47. The number of ether oxygens (including phenoxy) is 5. The van der Waals surface area contributed by atoms with E-state index in [1.165, 1.54) is 0 Å². The van der Waals surface area contributed by atoms with Gasteiger partial charge in [0.05, 0.1) is 22.3 Å². The maximum atomic E-state index is 14.0. The van der Waals surface area contributed by atoms with Crippen LogP contribution in [-0.2, 0) is 18.9 Å². The first-order chi connectivity index (χ1) is 26.3. The van der Waals surface area contributed by atoms with Crippen molar-refractivity contribution in [2.24, 2.45) is 0 Å². The van der Waals surface area contributed by atoms with Crippen molar-refractivity contribution in [3.05, 3.63) is 58.7 Å². The van der Waals surface area contributed by atoms with Crippen LogP contribution in [0.25, 0.3) is 11.1 Å². The highest BCUT2D eigenvalue weighted by atomic mass is 16.7. The van der Waals surface area contributed by atoms with Gasteiger partial charge >= 0.3 is 23.9 Å². The molecular formula is C34H26O22. The van der Waals surface area contributed by atoms with E-state index >= 15 is 0 Å². The summed E-state index contributed by atoms with van der Waals surface area (Å²) in [5.41, 5.74) is -5.38. The number of hydrogen-bond acceptors (Lipinski definition) is 22. The average molecular weight is 787 g/mol. The van der Waals surface area contributed by atoms with E-state index in [-0.39, 0.29) is 0 Å². The van der Waals surface area contributed by atoms with Crippen molar-refractivity contribution in [2.75, 3.05) is 6.61 Å². The minimum atomic E-state index is -2.34. The SMILES string of the molecule is O=C(Oc1cc2c(c(O)c1O)-c1c(cc(O)c(O)c1O)C(=O)OC[C@H]1O[C@@H](OC(=O)c3cc(O)c(O)c(O)c3)[C@H](O)[C@@H](OC2=O)[C@@H]1O)c1cc(O)c(O)c(O)c1. The van der Waals surface area contributed by atoms with Gasteiger partial charge in [-0.05, 0) is 30.3 Å². The van der Waals surface area contributed by atoms with Crippen LogP contribution in [0.15, 0.2) is 36.4 Å². The summed E-state index contributed by atoms with van der Waals surface area (Å²) in [6, 6.07) is 3.50. The smallest absolute Gasteiger partial charge is 0.343 e. The van der Waals surface area contributed by atoms with E-state index < -0.39 is 164 Å². The second kappa shape index (κ2) is 14.0. The first-order valence-corrected chi connectivity index (χ1v) is 15.5. The Morgan fingerprint density at radius 2 is 1.05 bits per heavy atom. The van der Waals surface area contributed by atoms with E-state index in [0.717, 1.165) is 0 Å². The fourth-order valence-corrected chi connectivity index (χ4v) is 5.66. The molecule has 6 rings (SSSR count). The first kappa shape index (κ1) is 38.2. The second-order valence-corrected chi connectivity index (χ2v) is 12.0. The predicted octanol–water partition coefficient (Wildman–Crippen LogP) is 0.334. The third kappa shape index (κ3) is 6.50. The van der Waals surface area contributed by atoms with Gasteiger partial charge in [0.1, 0.15) is 18.8 Å². The molecule has 0 amide bonds. The van der Waals surface area contributed by atoms with Crippen molar-refractivity contribution in [1.82, 2.24) is 0 Å². The third-order valence-electron chi connectivity index (χ3n) is 8.48. The molecule has 2 aliphatic heterocycles. The number of carbonyl (C=O) groups excluding carboxylic acids is 4. The fourth-order valence-electron chi connectivity index (χ4n) is 5.66. The number of esters is 4. The summed E-state index contributed by atoms with van der Waals surface area (Å²) >= 11 is 0. The van der Waals surface area contributed by atoms with Gasteiger partial charge in [-0.2, -0.15) is 0 Å². The molecular weight excluding hydrogens is 760 g/mol. The molecule has 0 unspecified atom stereocenters. The summed E-state index contributed by atoms with van der Waals surface area (Å²) in [4.78, 5) is 53.4. The van der Waals surface area contributed by atoms with E-state index in [0.29, 0.717) is 36.4 Å². The number of aliphatic hydroxyl groups is 2. The van der Waals surface area contributed by atoms with Crippen LogP contribution < -0.4 is 4.74 Å². The minimum absolute atomic E-state index is 0.464. The van der Waals surface area contributed by atoms with Crippen LogP contribution in [0.5, 0.6) is 69.0 Å². The second-order valence-electron chi connectivity index (χ2n) is 12.0. The Bertz CT molecular complexity index is 2290. The van der Waals surface area contributed by atoms with Crippen LogP contribution in [-0.4, -0.2) is 128 Å². The van der Waals surface area contributed by atoms with Crippen LogP contribution in [0.1, 0.15) is 41.4 Å². The number of cyclic esters (lactones) is 1. The molecule has 1 fully saturated rings. The number of aromatic hydroxyl groups is 11. The molecule has 0 aromatic heterocycles. The Morgan fingerprint density at radius 1 is 0.571 bits per heavy atom. The van der Waals surface area contributed by atoms with E-state index in [2.05, 4.69) is 0 Å². The number of fused-ring (bicyclic) bond motifs is 5. The fraction of sp³-hybridized carbons (Fsp3) is 0.176. The summed E-state index contributed by atoms with van der Waals surface area (Å²) in [6.45, 7) is -1.03. The minimum Gasteiger partial charge on any atom is -0.504 e. The van der Waals surface area contributed by atoms with Gasteiger partial charge in [-0.15, -0.1) is 0 Å². The van der Waals surface area contributed by atoms with Gasteiger partial charge in [-0.25, -0.2) is 19.2 Å². The number of aliphatic hydroxyl groups excluding tert-OH is 2. The van der Waals surface area contributed by atoms with Crippen molar-refractivity contribution in [2.45, 2.75) is 30.7 Å². The molecule has 0 spiro atoms. The maximum absolute atomic E-state index is 14.0. The van der Waals surface area contributed by atoms with E-state index in [9.17, 15) is 85.6 Å². The van der Waals surface area contributed by atoms with Gasteiger partial charge in [-0.1, -0.05) is 0 Å². The standard InChI is InChI=1S/C34H26O22/c35-12-1-8(2-13(36)21(12)40)30(48)53-17-6-11-20(27(46)24(17)43)19-10(5-16(39)23(42)26(19)45)32(50)52-7-18-25(44)29(55-33(11)51)28(47)34(54-18)56-31(49)9-3-14(37)22(41)15(38)4-9/h1-6,18,25,28-29,34-47H,7H2/t18-,25-,28-,29+,34+/m1/s1. The highest BCUT2D eigenvalue weighted by molar-refractivity contribution is 6.08. The summed E-state index contributed by atoms with van der Waals surface area (Å²) in [5.74, 6) is -20.0. The van der Waals surface area contributed by atoms with Gasteiger partial charge in [0, 0.05) is 17.2 Å². The first-order valence-electron chi connectivity index (χ1n) is 15.5. The molecule has 2 heterocycles. The normalized spacial score (nSPS) is 20.6. The summed E-state index contributed by atoms with van der Waals surface area (Å²) < 4.78 is 26.1. The largest absolute Gasteiger partial charge is 0.504 e. The summed E-state index contributed by atoms with van der Waals surface area (Å²) in [7, 11) is 0. The van der Waals surface area contributed by atoms with Crippen molar-refractivity contribution >= 4 is 23.9 Å². The molecule has 1 saturated heterocycles. The predicted molar refractivity (Wildman–Crippen MR) is 174 cm³/mol. The third-order valence-corrected chi connectivity index (χ3v) is 8.48. The van der Waals surface area contributed by atoms with Crippen molar-refractivity contribution < 1.29 is 109 Å². The van der Waals surface area contributed by atoms with Gasteiger partial charge < -0.3 is 90.1 Å². The lowest BCUT2D eigenvalue weighted by atomic mass is 9.91. The molecule has 0 saturated carbocycles. The zero-order valence-electron chi connectivity index (χ0n) is 27.5. The van der Waals surface area contributed by atoms with E-state index in [4.69, 9.17) is 23.7 Å². The molecule has 0 aliphatic carbocycles. The summed E-state index contributed by atoms with van der Waals surface area (Å²) in [6.07, 6.45) is -10.8. The molecule has 4 aromatic carbocycles. The lowest BCUT2D eigenvalue weighted by Crippen LogP contribution is -2.61. The monoisotopic (exact) mass is 786 g/mol. The van der Waals surface area contributed by atoms with Crippen LogP contribution >= 0.6 is 0 Å². The molecule has 22 heteroatoms. The lowest BCUT2D eigenvalue weighted by Gasteiger charge is -2.41. The zero-order valence-corrected chi connectivity index (χ0v) is 27.5. The quantitative estimate of drug-likeness (QED) is 0.0573. The van der Waals surface area contributed by atoms with Crippen LogP contribution in [0, 0.1) is 0 Å². The van der Waals surface area contributed by atoms with Crippen LogP contribution in [0.3, 0.4) is 0 Å². The molecule has 5 atom stereocenters. The van der Waals surface area contributed by atoms with Gasteiger partial charge in [0.25, 0.3) is 0 Å². The maximum Gasteiger partial charge on any atom is 0.343 e. The molecule has 2 bridgehead atoms. The Hall–Kier alpha value is -7.56. The highest BCUT2D eigenvalue weighted by Crippen LogP contribution is 2.53. The number of phenols is 11. The average Bonchev–Trinajstić information content (AvgIpc) is 3.15. The number of benzene rings is 4. The number of phenolic OH excluding ortho intramolecular Hbond substituents is 11. The molecule has 0 radical (unpaired) electrons. The molecule has 56 heavy (non-hydrogen) atoms. The van der Waals surface area contributed by atoms with Gasteiger partial charge in [0.2, 0.25) is 17.8 Å². The highest BCUT2D eigenvalue weighted by Gasteiger charge is 2.50. The molecule has 13 N–H and O–H groups in total. The number of carbonyl (C=O) groups is 4. The summed E-state index contributed by atoms with van der Waals surface area (Å²) in [5, 5.41) is 135. The van der Waals surface area contributed by atoms with E-state index in [1.54, 1.807) is 0 Å². The van der Waals surface area contributed by atoms with Gasteiger partial charge in [0.15, 0.2) is 69.7 Å². The van der Waals surface area contributed by atoms with Gasteiger partial charge in [-0.3, -0.25) is 0 Å². The van der Waals surface area contributed by atoms with Crippen molar-refractivity contribution in [3.63, 3.8) is 0 Å². The molecule has 22 nitrogen and oxygen atoms in total. The Kier molecular flexibility index (Phi) is 9.55. The van der Waals surface area contributed by atoms with Crippen LogP contribution in [0.2, 0.25) is 0 Å². The van der Waals surface area contributed by atoms with Crippen LogP contribution in [0.4, 0.5) is 0 Å². The topological polar surface area (TPSA) is 377 Å².